The summed E-state index contributed by atoms with van der Waals surface area (Å²) in [5.41, 5.74) is 2.22. The van der Waals surface area contributed by atoms with E-state index in [9.17, 15) is 13.2 Å². The van der Waals surface area contributed by atoms with Gasteiger partial charge in [0.25, 0.3) is 0 Å². The third-order valence-electron chi connectivity index (χ3n) is 5.62. The van der Waals surface area contributed by atoms with Crippen LogP contribution in [0.1, 0.15) is 24.0 Å². The number of fused-ring (bicyclic) bond motifs is 3. The summed E-state index contributed by atoms with van der Waals surface area (Å²) in [5.74, 6) is 0.404. The molecule has 4 rings (SSSR count). The number of ether oxygens (including phenoxy) is 3. The van der Waals surface area contributed by atoms with E-state index in [2.05, 4.69) is 20.0 Å². The minimum absolute atomic E-state index is 0.172. The summed E-state index contributed by atoms with van der Waals surface area (Å²) in [5, 5.41) is 6.27. The molecule has 2 heterocycles. The molecule has 36 heavy (non-hydrogen) atoms. The maximum Gasteiger partial charge on any atom is 0.573 e. The molecule has 0 radical (unpaired) electrons. The van der Waals surface area contributed by atoms with Crippen molar-refractivity contribution in [2.24, 2.45) is 0 Å². The van der Waals surface area contributed by atoms with Crippen LogP contribution in [0.4, 0.5) is 13.2 Å². The summed E-state index contributed by atoms with van der Waals surface area (Å²) >= 11 is 0. The van der Waals surface area contributed by atoms with E-state index in [1.165, 1.54) is 6.07 Å². The molecule has 4 aromatic rings. The second kappa shape index (κ2) is 12.0. The highest BCUT2D eigenvalue weighted by Crippen LogP contribution is 2.30. The number of hydrogen-bond acceptors (Lipinski definition) is 6. The zero-order valence-corrected chi connectivity index (χ0v) is 20.0. The lowest BCUT2D eigenvalue weighted by Crippen LogP contribution is -2.18. The second-order valence-corrected chi connectivity index (χ2v) is 8.35. The first kappa shape index (κ1) is 25.7. The number of halogens is 3. The lowest BCUT2D eigenvalue weighted by atomic mass is 10.1. The van der Waals surface area contributed by atoms with Gasteiger partial charge in [-0.1, -0.05) is 30.3 Å². The number of benzene rings is 2. The van der Waals surface area contributed by atoms with Crippen molar-refractivity contribution in [2.45, 2.75) is 32.7 Å². The molecule has 0 aliphatic rings. The largest absolute Gasteiger partial charge is 0.573 e. The topological polar surface area (TPSA) is 65.5 Å². The minimum atomic E-state index is -4.68. The molecule has 9 heteroatoms. The highest BCUT2D eigenvalue weighted by Gasteiger charge is 2.31. The van der Waals surface area contributed by atoms with Crippen LogP contribution >= 0.6 is 0 Å². The van der Waals surface area contributed by atoms with Crippen LogP contribution < -0.4 is 14.8 Å². The van der Waals surface area contributed by atoms with Gasteiger partial charge in [-0.2, -0.15) is 0 Å². The molecule has 0 aliphatic heterocycles. The Morgan fingerprint density at radius 2 is 1.78 bits per heavy atom. The van der Waals surface area contributed by atoms with E-state index >= 15 is 0 Å². The van der Waals surface area contributed by atoms with Gasteiger partial charge in [-0.3, -0.25) is 4.98 Å². The Hall–Kier alpha value is -3.43. The third kappa shape index (κ3) is 7.05. The number of nitrogens with one attached hydrogen (secondary N) is 1. The van der Waals surface area contributed by atoms with Gasteiger partial charge in [0.2, 0.25) is 5.88 Å². The van der Waals surface area contributed by atoms with Crippen molar-refractivity contribution in [2.75, 3.05) is 26.4 Å². The van der Waals surface area contributed by atoms with E-state index in [-0.39, 0.29) is 5.75 Å². The first-order valence-electron chi connectivity index (χ1n) is 11.8. The third-order valence-corrected chi connectivity index (χ3v) is 5.62. The van der Waals surface area contributed by atoms with Gasteiger partial charge in [0, 0.05) is 41.7 Å². The van der Waals surface area contributed by atoms with E-state index < -0.39 is 6.36 Å². The molecule has 0 fully saturated rings. The second-order valence-electron chi connectivity index (χ2n) is 8.35. The smallest absolute Gasteiger partial charge is 0.475 e. The van der Waals surface area contributed by atoms with Crippen molar-refractivity contribution in [3.05, 3.63) is 72.1 Å². The van der Waals surface area contributed by atoms with Crippen LogP contribution in [-0.2, 0) is 11.3 Å². The van der Waals surface area contributed by atoms with Crippen molar-refractivity contribution in [1.82, 2.24) is 15.3 Å². The number of hydrogen-bond donors (Lipinski definition) is 1. The number of rotatable bonds is 12. The predicted molar refractivity (Wildman–Crippen MR) is 132 cm³/mol. The normalized spacial score (nSPS) is 11.8. The summed E-state index contributed by atoms with van der Waals surface area (Å²) in [6, 6.07) is 14.5. The van der Waals surface area contributed by atoms with Crippen LogP contribution in [0.3, 0.4) is 0 Å². The van der Waals surface area contributed by atoms with Crippen molar-refractivity contribution in [3.63, 3.8) is 0 Å². The van der Waals surface area contributed by atoms with E-state index in [4.69, 9.17) is 9.47 Å². The highest BCUT2D eigenvalue weighted by atomic mass is 19.4. The Kier molecular flexibility index (Phi) is 8.56. The van der Waals surface area contributed by atoms with Crippen molar-refractivity contribution < 1.29 is 27.4 Å². The Labute approximate surface area is 207 Å². The molecule has 0 saturated carbocycles. The average molecular weight is 500 g/mol. The summed E-state index contributed by atoms with van der Waals surface area (Å²) in [6.07, 6.45) is 0.675. The molecule has 0 bridgehead atoms. The van der Waals surface area contributed by atoms with E-state index in [1.54, 1.807) is 25.3 Å². The summed E-state index contributed by atoms with van der Waals surface area (Å²) in [6.45, 7) is 4.42. The standard InChI is InChI=1S/C27H28F3N3O3/c1-19-16-20(8-9-25(19)36-27(28,29)30)17-31-11-4-5-13-34-14-15-35-26-22-10-12-32-18-23(22)21-6-2-3-7-24(21)33-26/h2-3,6-10,12,16,18,31H,4-5,11,13-15,17H2,1H3. The highest BCUT2D eigenvalue weighted by molar-refractivity contribution is 6.07. The molecule has 2 aromatic carbocycles. The zero-order chi connectivity index (χ0) is 25.4. The number of para-hydroxylation sites is 1. The van der Waals surface area contributed by atoms with Gasteiger partial charge in [-0.25, -0.2) is 4.98 Å². The number of nitrogens with zero attached hydrogens (tertiary/aromatic N) is 2. The number of aryl methyl sites for hydroxylation is 1. The molecule has 0 saturated heterocycles. The van der Waals surface area contributed by atoms with Crippen LogP contribution in [-0.4, -0.2) is 42.7 Å². The van der Waals surface area contributed by atoms with Gasteiger partial charge in [0.1, 0.15) is 12.4 Å². The molecule has 2 aromatic heterocycles. The predicted octanol–water partition coefficient (Wildman–Crippen LogP) is 5.96. The van der Waals surface area contributed by atoms with Crippen LogP contribution in [0.15, 0.2) is 60.9 Å². The number of aromatic nitrogens is 2. The zero-order valence-electron chi connectivity index (χ0n) is 20.0. The fourth-order valence-electron chi connectivity index (χ4n) is 3.92. The van der Waals surface area contributed by atoms with E-state index in [1.807, 2.05) is 36.5 Å². The van der Waals surface area contributed by atoms with Gasteiger partial charge < -0.3 is 19.5 Å². The van der Waals surface area contributed by atoms with Crippen LogP contribution in [0.25, 0.3) is 21.7 Å². The molecule has 0 atom stereocenters. The molecule has 0 spiro atoms. The van der Waals surface area contributed by atoms with Crippen molar-refractivity contribution in [3.8, 4) is 11.6 Å². The van der Waals surface area contributed by atoms with Gasteiger partial charge in [-0.05, 0) is 55.6 Å². The average Bonchev–Trinajstić information content (AvgIpc) is 2.86. The molecule has 0 amide bonds. The lowest BCUT2D eigenvalue weighted by Gasteiger charge is -2.13. The van der Waals surface area contributed by atoms with Gasteiger partial charge >= 0.3 is 6.36 Å². The monoisotopic (exact) mass is 499 g/mol. The van der Waals surface area contributed by atoms with Crippen LogP contribution in [0.5, 0.6) is 11.6 Å². The summed E-state index contributed by atoms with van der Waals surface area (Å²) in [7, 11) is 0. The maximum absolute atomic E-state index is 12.4. The molecule has 0 aliphatic carbocycles. The van der Waals surface area contributed by atoms with Gasteiger partial charge in [0.15, 0.2) is 0 Å². The lowest BCUT2D eigenvalue weighted by molar-refractivity contribution is -0.274. The number of alkyl halides is 3. The first-order valence-corrected chi connectivity index (χ1v) is 11.8. The van der Waals surface area contributed by atoms with Crippen molar-refractivity contribution >= 4 is 21.7 Å². The Morgan fingerprint density at radius 3 is 2.61 bits per heavy atom. The number of pyridine rings is 2. The van der Waals surface area contributed by atoms with Crippen LogP contribution in [0.2, 0.25) is 0 Å². The van der Waals surface area contributed by atoms with Gasteiger partial charge in [0.05, 0.1) is 12.1 Å². The van der Waals surface area contributed by atoms with E-state index in [0.717, 1.165) is 46.6 Å². The Bertz CT molecular complexity index is 1300. The molecular weight excluding hydrogens is 471 g/mol. The molecule has 190 valence electrons. The molecule has 0 unspecified atom stereocenters. The maximum atomic E-state index is 12.4. The van der Waals surface area contributed by atoms with Crippen molar-refractivity contribution in [1.29, 1.82) is 0 Å². The fraction of sp³-hybridized carbons (Fsp3) is 0.333. The molecule has 6 nitrogen and oxygen atoms in total. The first-order chi connectivity index (χ1) is 17.4. The molecular formula is C27H28F3N3O3. The van der Waals surface area contributed by atoms with Gasteiger partial charge in [-0.15, -0.1) is 13.2 Å². The Morgan fingerprint density at radius 1 is 0.917 bits per heavy atom. The van der Waals surface area contributed by atoms with E-state index in [0.29, 0.717) is 37.8 Å². The number of unbranched alkanes of at least 4 members (excludes halogenated alkanes) is 1. The summed E-state index contributed by atoms with van der Waals surface area (Å²) < 4.78 is 52.7. The van der Waals surface area contributed by atoms with Crippen LogP contribution in [0, 0.1) is 6.92 Å². The SMILES string of the molecule is Cc1cc(CNCCCCOCCOc2nc3ccccc3c3cnccc23)ccc1OC(F)(F)F. The minimum Gasteiger partial charge on any atom is -0.475 e. The Balaban J connectivity index is 1.12. The fourth-order valence-corrected chi connectivity index (χ4v) is 3.92. The quantitative estimate of drug-likeness (QED) is 0.192. The summed E-state index contributed by atoms with van der Waals surface area (Å²) in [4.78, 5) is 8.89. The molecule has 1 N–H and O–H groups in total.